The molecular weight excluding hydrogens is 239 g/mol. The highest BCUT2D eigenvalue weighted by atomic mass is 31.0. The van der Waals surface area contributed by atoms with Crippen LogP contribution in [0.3, 0.4) is 0 Å². The molecule has 0 heterocycles. The van der Waals surface area contributed by atoms with E-state index in [0.29, 0.717) is 12.2 Å². The molecule has 0 fully saturated rings. The van der Waals surface area contributed by atoms with Gasteiger partial charge in [-0.2, -0.15) is 6.16 Å². The summed E-state index contributed by atoms with van der Waals surface area (Å²) in [6.45, 7) is 10.5. The molecule has 0 bridgehead atoms. The normalized spacial score (nSPS) is 10.8. The molecule has 100 valence electrons. The number of ketones is 1. The summed E-state index contributed by atoms with van der Waals surface area (Å²) in [6, 6.07) is 0. The van der Waals surface area contributed by atoms with Gasteiger partial charge in [0, 0.05) is 12.0 Å². The number of rotatable bonds is 5. The third kappa shape index (κ3) is 3.01. The molecule has 2 heteroatoms. The lowest BCUT2D eigenvalue weighted by Crippen LogP contribution is -2.09. The minimum atomic E-state index is 0.302. The summed E-state index contributed by atoms with van der Waals surface area (Å²) in [4.78, 5) is 12.4. The Bertz CT molecular complexity index is 432. The molecule has 1 rings (SSSR count). The molecule has 1 nitrogen and oxygen atoms in total. The van der Waals surface area contributed by atoms with Gasteiger partial charge in [0.1, 0.15) is 0 Å². The first-order valence-electron chi connectivity index (χ1n) is 6.66. The van der Waals surface area contributed by atoms with Gasteiger partial charge >= 0.3 is 0 Å². The van der Waals surface area contributed by atoms with Crippen LogP contribution in [0.25, 0.3) is 0 Å². The van der Waals surface area contributed by atoms with Crippen molar-refractivity contribution in [1.82, 2.24) is 0 Å². The van der Waals surface area contributed by atoms with Crippen molar-refractivity contribution < 1.29 is 4.79 Å². The maximum absolute atomic E-state index is 12.4. The molecule has 0 aromatic heterocycles. The summed E-state index contributed by atoms with van der Waals surface area (Å²) in [7, 11) is 3.45. The molecule has 0 saturated heterocycles. The Morgan fingerprint density at radius 1 is 0.833 bits per heavy atom. The van der Waals surface area contributed by atoms with Crippen LogP contribution < -0.4 is 0 Å². The first-order chi connectivity index (χ1) is 8.41. The topological polar surface area (TPSA) is 17.1 Å². The van der Waals surface area contributed by atoms with E-state index in [4.69, 9.17) is 0 Å². The Morgan fingerprint density at radius 2 is 1.28 bits per heavy atom. The first kappa shape index (κ1) is 15.4. The standard InChI is InChI=1S/C16H24OP/c1-10-11(2)13(4)16(14(5)12(10)3)15(17)8-6-7-9-18/h18H,6-9H2,1-5H3/q-1. The van der Waals surface area contributed by atoms with E-state index < -0.39 is 0 Å². The third-order valence-corrected chi connectivity index (χ3v) is 4.46. The zero-order chi connectivity index (χ0) is 13.9. The smallest absolute Gasteiger partial charge is 0.163 e. The summed E-state index contributed by atoms with van der Waals surface area (Å²) in [5, 5.41) is 0. The molecule has 0 unspecified atom stereocenters. The molecule has 0 spiro atoms. The summed E-state index contributed by atoms with van der Waals surface area (Å²) < 4.78 is 0. The average Bonchev–Trinajstić information content (AvgIpc) is 2.34. The average molecular weight is 263 g/mol. The second kappa shape index (κ2) is 6.48. The van der Waals surface area contributed by atoms with E-state index >= 15 is 0 Å². The fourth-order valence-electron chi connectivity index (χ4n) is 2.45. The third-order valence-electron chi connectivity index (χ3n) is 4.11. The van der Waals surface area contributed by atoms with E-state index in [1.165, 1.54) is 27.8 Å². The molecule has 0 aliphatic carbocycles. The lowest BCUT2D eigenvalue weighted by atomic mass is 9.87. The van der Waals surface area contributed by atoms with Gasteiger partial charge in [-0.25, -0.2) is 0 Å². The Balaban J connectivity index is 3.13. The predicted octanol–water partition coefficient (Wildman–Crippen LogP) is 4.72. The highest BCUT2D eigenvalue weighted by Crippen LogP contribution is 2.27. The van der Waals surface area contributed by atoms with Gasteiger partial charge in [0.05, 0.1) is 0 Å². The van der Waals surface area contributed by atoms with Gasteiger partial charge in [0.15, 0.2) is 5.78 Å². The van der Waals surface area contributed by atoms with Crippen LogP contribution in [-0.2, 0) is 0 Å². The molecule has 0 aliphatic heterocycles. The SMILES string of the molecule is Cc1c(C)c(C)c(C(=O)CCCC[PH-])c(C)c1C. The minimum absolute atomic E-state index is 0.302. The summed E-state index contributed by atoms with van der Waals surface area (Å²) >= 11 is 0. The number of hydrogen-bond acceptors (Lipinski definition) is 1. The largest absolute Gasteiger partial charge is 0.558 e. The number of hydrogen-bond donors (Lipinski definition) is 0. The number of carbonyl (C=O) groups is 1. The van der Waals surface area contributed by atoms with Crippen molar-refractivity contribution >= 4 is 15.0 Å². The predicted molar refractivity (Wildman–Crippen MR) is 81.5 cm³/mol. The first-order valence-corrected chi connectivity index (χ1v) is 7.37. The monoisotopic (exact) mass is 263 g/mol. The molecule has 18 heavy (non-hydrogen) atoms. The Labute approximate surface area is 114 Å². The highest BCUT2D eigenvalue weighted by molar-refractivity contribution is 7.16. The highest BCUT2D eigenvalue weighted by Gasteiger charge is 2.17. The molecule has 1 aromatic rings. The van der Waals surface area contributed by atoms with Crippen molar-refractivity contribution in [2.45, 2.75) is 53.9 Å². The number of unbranched alkanes of at least 4 members (excludes halogenated alkanes) is 1. The van der Waals surface area contributed by atoms with Crippen LogP contribution >= 0.6 is 9.24 Å². The lowest BCUT2D eigenvalue weighted by Gasteiger charge is -2.17. The molecule has 0 radical (unpaired) electrons. The van der Waals surface area contributed by atoms with Gasteiger partial charge in [0.2, 0.25) is 0 Å². The van der Waals surface area contributed by atoms with Crippen LogP contribution in [0.15, 0.2) is 0 Å². The molecule has 0 amide bonds. The van der Waals surface area contributed by atoms with E-state index in [1.807, 2.05) is 0 Å². The Kier molecular flexibility index (Phi) is 5.53. The zero-order valence-electron chi connectivity index (χ0n) is 12.2. The van der Waals surface area contributed by atoms with E-state index in [2.05, 4.69) is 43.9 Å². The number of benzene rings is 1. The van der Waals surface area contributed by atoms with Gasteiger partial charge in [-0.1, -0.05) is 6.42 Å². The van der Waals surface area contributed by atoms with Crippen LogP contribution in [0.2, 0.25) is 0 Å². The van der Waals surface area contributed by atoms with E-state index in [0.717, 1.165) is 24.6 Å². The van der Waals surface area contributed by atoms with Gasteiger partial charge < -0.3 is 9.24 Å². The van der Waals surface area contributed by atoms with Crippen LogP contribution in [0.4, 0.5) is 0 Å². The van der Waals surface area contributed by atoms with Crippen molar-refractivity contribution in [2.24, 2.45) is 0 Å². The van der Waals surface area contributed by atoms with Crippen LogP contribution in [-0.4, -0.2) is 11.9 Å². The fourth-order valence-corrected chi connectivity index (χ4v) is 2.70. The van der Waals surface area contributed by atoms with Gasteiger partial charge in [-0.15, -0.1) is 0 Å². The Hall–Kier alpha value is -0.680. The molecule has 0 N–H and O–H groups in total. The number of carbonyl (C=O) groups excluding carboxylic acids is 1. The maximum Gasteiger partial charge on any atom is 0.163 e. The van der Waals surface area contributed by atoms with Crippen molar-refractivity contribution in [2.75, 3.05) is 6.16 Å². The fraction of sp³-hybridized carbons (Fsp3) is 0.562. The summed E-state index contributed by atoms with van der Waals surface area (Å²) in [5.74, 6) is 0.302. The van der Waals surface area contributed by atoms with Gasteiger partial charge in [-0.3, -0.25) is 4.79 Å². The molecule has 1 aromatic carbocycles. The van der Waals surface area contributed by atoms with Crippen molar-refractivity contribution in [3.8, 4) is 0 Å². The van der Waals surface area contributed by atoms with E-state index in [9.17, 15) is 4.79 Å². The summed E-state index contributed by atoms with van der Waals surface area (Å²) in [6.07, 6.45) is 3.66. The lowest BCUT2D eigenvalue weighted by molar-refractivity contribution is 0.0978. The van der Waals surface area contributed by atoms with Crippen LogP contribution in [0.1, 0.15) is 57.4 Å². The zero-order valence-corrected chi connectivity index (χ0v) is 13.2. The van der Waals surface area contributed by atoms with Crippen LogP contribution in [0.5, 0.6) is 0 Å². The van der Waals surface area contributed by atoms with Crippen molar-refractivity contribution in [3.05, 3.63) is 33.4 Å². The van der Waals surface area contributed by atoms with Gasteiger partial charge in [0.25, 0.3) is 0 Å². The molecule has 0 saturated carbocycles. The molecule has 0 atom stereocenters. The Morgan fingerprint density at radius 3 is 1.72 bits per heavy atom. The molecule has 0 aliphatic rings. The van der Waals surface area contributed by atoms with Crippen LogP contribution in [0, 0.1) is 34.6 Å². The quantitative estimate of drug-likeness (QED) is 0.426. The van der Waals surface area contributed by atoms with Crippen molar-refractivity contribution in [3.63, 3.8) is 0 Å². The minimum Gasteiger partial charge on any atom is -0.558 e. The number of Topliss-reactive ketones (excluding diaryl/α,β-unsaturated/α-hetero) is 1. The van der Waals surface area contributed by atoms with E-state index in [-0.39, 0.29) is 0 Å². The van der Waals surface area contributed by atoms with E-state index in [1.54, 1.807) is 0 Å². The maximum atomic E-state index is 12.4. The van der Waals surface area contributed by atoms with Crippen molar-refractivity contribution in [1.29, 1.82) is 0 Å². The molecular formula is C16H24OP-. The summed E-state index contributed by atoms with van der Waals surface area (Å²) in [5.41, 5.74) is 7.15. The van der Waals surface area contributed by atoms with Gasteiger partial charge in [-0.05, 0) is 68.9 Å². The second-order valence-corrected chi connectivity index (χ2v) is 5.63. The second-order valence-electron chi connectivity index (χ2n) is 5.13.